The number of carbonyl (C=O) groups excluding carboxylic acids is 1. The summed E-state index contributed by atoms with van der Waals surface area (Å²) in [6.07, 6.45) is -0.649. The lowest BCUT2D eigenvalue weighted by molar-refractivity contribution is 0.0465. The van der Waals surface area contributed by atoms with E-state index in [-0.39, 0.29) is 13.2 Å². The number of amides is 1. The first kappa shape index (κ1) is 13.2. The third kappa shape index (κ3) is 6.64. The Bertz CT molecular complexity index is 175. The first-order valence-corrected chi connectivity index (χ1v) is 4.35. The Labute approximate surface area is 83.2 Å². The summed E-state index contributed by atoms with van der Waals surface area (Å²) in [6, 6.07) is -0.581. The SMILES string of the molecule is CC(C)(C)OC(=O)NNC(CO)CO. The van der Waals surface area contributed by atoms with Crippen LogP contribution in [0.3, 0.4) is 0 Å². The summed E-state index contributed by atoms with van der Waals surface area (Å²) >= 11 is 0. The van der Waals surface area contributed by atoms with Crippen molar-refractivity contribution in [2.24, 2.45) is 0 Å². The first-order chi connectivity index (χ1) is 6.39. The van der Waals surface area contributed by atoms with E-state index in [1.54, 1.807) is 20.8 Å². The van der Waals surface area contributed by atoms with Gasteiger partial charge in [0.05, 0.1) is 19.3 Å². The van der Waals surface area contributed by atoms with E-state index in [1.165, 1.54) is 0 Å². The van der Waals surface area contributed by atoms with Gasteiger partial charge in [0, 0.05) is 0 Å². The molecule has 0 spiro atoms. The molecule has 6 heteroatoms. The zero-order chi connectivity index (χ0) is 11.2. The molecule has 0 saturated carbocycles. The van der Waals surface area contributed by atoms with Crippen LogP contribution in [0.4, 0.5) is 4.79 Å². The van der Waals surface area contributed by atoms with E-state index in [2.05, 4.69) is 10.9 Å². The maximum absolute atomic E-state index is 11.0. The van der Waals surface area contributed by atoms with E-state index in [9.17, 15) is 4.79 Å². The van der Waals surface area contributed by atoms with Gasteiger partial charge in [0.25, 0.3) is 0 Å². The molecular formula is C8H18N2O4. The molecule has 0 aromatic heterocycles. The molecule has 0 saturated heterocycles. The van der Waals surface area contributed by atoms with Crippen molar-refractivity contribution in [3.8, 4) is 0 Å². The van der Waals surface area contributed by atoms with Gasteiger partial charge >= 0.3 is 6.09 Å². The smallest absolute Gasteiger partial charge is 0.422 e. The topological polar surface area (TPSA) is 90.8 Å². The van der Waals surface area contributed by atoms with Crippen molar-refractivity contribution >= 4 is 6.09 Å². The molecule has 4 N–H and O–H groups in total. The largest absolute Gasteiger partial charge is 0.443 e. The van der Waals surface area contributed by atoms with Gasteiger partial charge in [0.15, 0.2) is 0 Å². The fourth-order valence-corrected chi connectivity index (χ4v) is 0.614. The van der Waals surface area contributed by atoms with Crippen LogP contribution in [0.1, 0.15) is 20.8 Å². The molecule has 1 amide bonds. The standard InChI is InChI=1S/C8H18N2O4/c1-8(2,3)14-7(13)10-9-6(4-11)5-12/h6,9,11-12H,4-5H2,1-3H3,(H,10,13). The van der Waals surface area contributed by atoms with E-state index in [0.717, 1.165) is 0 Å². The highest BCUT2D eigenvalue weighted by molar-refractivity contribution is 5.67. The normalized spacial score (nSPS) is 11.6. The molecule has 0 aliphatic carbocycles. The number of ether oxygens (including phenoxy) is 1. The van der Waals surface area contributed by atoms with Crippen molar-refractivity contribution < 1.29 is 19.7 Å². The lowest BCUT2D eigenvalue weighted by atomic mass is 10.2. The Kier molecular flexibility index (Phi) is 5.44. The first-order valence-electron chi connectivity index (χ1n) is 4.35. The average molecular weight is 206 g/mol. The van der Waals surface area contributed by atoms with Crippen LogP contribution in [0.15, 0.2) is 0 Å². The van der Waals surface area contributed by atoms with Gasteiger partial charge in [0.1, 0.15) is 5.60 Å². The Balaban J connectivity index is 3.74. The molecule has 0 aromatic carbocycles. The predicted octanol–water partition coefficient (Wildman–Crippen LogP) is -0.631. The highest BCUT2D eigenvalue weighted by Gasteiger charge is 2.16. The van der Waals surface area contributed by atoms with Gasteiger partial charge in [-0.2, -0.15) is 0 Å². The zero-order valence-electron chi connectivity index (χ0n) is 8.70. The number of rotatable bonds is 4. The number of aliphatic hydroxyl groups excluding tert-OH is 2. The minimum absolute atomic E-state index is 0.272. The third-order valence-electron chi connectivity index (χ3n) is 1.22. The van der Waals surface area contributed by atoms with Crippen LogP contribution in [0, 0.1) is 0 Å². The Morgan fingerprint density at radius 3 is 2.21 bits per heavy atom. The van der Waals surface area contributed by atoms with E-state index < -0.39 is 17.7 Å². The molecule has 0 heterocycles. The Morgan fingerprint density at radius 1 is 1.36 bits per heavy atom. The van der Waals surface area contributed by atoms with Gasteiger partial charge in [0.2, 0.25) is 0 Å². The number of hydrazine groups is 1. The maximum Gasteiger partial charge on any atom is 0.422 e. The summed E-state index contributed by atoms with van der Waals surface area (Å²) in [5.41, 5.74) is 4.06. The average Bonchev–Trinajstić information content (AvgIpc) is 2.03. The van der Waals surface area contributed by atoms with Gasteiger partial charge in [-0.05, 0) is 20.8 Å². The van der Waals surface area contributed by atoms with Crippen molar-refractivity contribution in [2.75, 3.05) is 13.2 Å². The van der Waals surface area contributed by atoms with Crippen LogP contribution in [0.5, 0.6) is 0 Å². The number of nitrogens with one attached hydrogen (secondary N) is 2. The van der Waals surface area contributed by atoms with Gasteiger partial charge < -0.3 is 14.9 Å². The van der Waals surface area contributed by atoms with Crippen molar-refractivity contribution in [3.05, 3.63) is 0 Å². The predicted molar refractivity (Wildman–Crippen MR) is 50.5 cm³/mol. The summed E-state index contributed by atoms with van der Waals surface area (Å²) in [4.78, 5) is 11.0. The molecule has 6 nitrogen and oxygen atoms in total. The van der Waals surface area contributed by atoms with Crippen molar-refractivity contribution in [1.82, 2.24) is 10.9 Å². The summed E-state index contributed by atoms with van der Waals surface area (Å²) in [7, 11) is 0. The number of aliphatic hydroxyl groups is 2. The van der Waals surface area contributed by atoms with Crippen LogP contribution in [0.2, 0.25) is 0 Å². The molecule has 0 aliphatic rings. The lowest BCUT2D eigenvalue weighted by Crippen LogP contribution is -2.49. The monoisotopic (exact) mass is 206 g/mol. The molecule has 0 aliphatic heterocycles. The minimum atomic E-state index is -0.649. The second-order valence-corrected chi connectivity index (χ2v) is 3.83. The van der Waals surface area contributed by atoms with E-state index in [0.29, 0.717) is 0 Å². The Morgan fingerprint density at radius 2 is 1.86 bits per heavy atom. The molecule has 14 heavy (non-hydrogen) atoms. The quantitative estimate of drug-likeness (QED) is 0.460. The molecule has 0 atom stereocenters. The molecular weight excluding hydrogens is 188 g/mol. The van der Waals surface area contributed by atoms with Crippen molar-refractivity contribution in [1.29, 1.82) is 0 Å². The number of hydrogen-bond acceptors (Lipinski definition) is 5. The highest BCUT2D eigenvalue weighted by atomic mass is 16.6. The highest BCUT2D eigenvalue weighted by Crippen LogP contribution is 2.05. The van der Waals surface area contributed by atoms with Crippen LogP contribution >= 0.6 is 0 Å². The number of hydrogen-bond donors (Lipinski definition) is 4. The molecule has 0 rings (SSSR count). The van der Waals surface area contributed by atoms with E-state index in [4.69, 9.17) is 14.9 Å². The summed E-state index contributed by atoms with van der Waals surface area (Å²) in [6.45, 7) is 4.67. The van der Waals surface area contributed by atoms with Crippen LogP contribution in [-0.4, -0.2) is 41.2 Å². The van der Waals surface area contributed by atoms with Crippen molar-refractivity contribution in [3.63, 3.8) is 0 Å². The molecule has 0 aromatic rings. The van der Waals surface area contributed by atoms with Crippen LogP contribution in [0.25, 0.3) is 0 Å². The summed E-state index contributed by atoms with van der Waals surface area (Å²) < 4.78 is 4.90. The van der Waals surface area contributed by atoms with Gasteiger partial charge in [-0.3, -0.25) is 5.43 Å². The van der Waals surface area contributed by atoms with E-state index in [1.807, 2.05) is 0 Å². The second kappa shape index (κ2) is 5.79. The van der Waals surface area contributed by atoms with Crippen LogP contribution in [-0.2, 0) is 4.74 Å². The van der Waals surface area contributed by atoms with E-state index >= 15 is 0 Å². The third-order valence-corrected chi connectivity index (χ3v) is 1.22. The molecule has 0 fully saturated rings. The van der Waals surface area contributed by atoms with Crippen LogP contribution < -0.4 is 10.9 Å². The van der Waals surface area contributed by atoms with Gasteiger partial charge in [-0.25, -0.2) is 10.2 Å². The summed E-state index contributed by atoms with van der Waals surface area (Å²) in [5.74, 6) is 0. The molecule has 0 bridgehead atoms. The number of carbonyl (C=O) groups is 1. The fourth-order valence-electron chi connectivity index (χ4n) is 0.614. The molecule has 84 valence electrons. The molecule has 0 radical (unpaired) electrons. The van der Waals surface area contributed by atoms with Gasteiger partial charge in [-0.15, -0.1) is 0 Å². The second-order valence-electron chi connectivity index (χ2n) is 3.83. The molecule has 0 unspecified atom stereocenters. The minimum Gasteiger partial charge on any atom is -0.443 e. The zero-order valence-corrected chi connectivity index (χ0v) is 8.70. The maximum atomic E-state index is 11.0. The summed E-state index contributed by atoms with van der Waals surface area (Å²) in [5, 5.41) is 17.3. The van der Waals surface area contributed by atoms with Crippen molar-refractivity contribution in [2.45, 2.75) is 32.4 Å². The fraction of sp³-hybridized carbons (Fsp3) is 0.875. The Hall–Kier alpha value is -0.850. The lowest BCUT2D eigenvalue weighted by Gasteiger charge is -2.21. The van der Waals surface area contributed by atoms with Gasteiger partial charge in [-0.1, -0.05) is 0 Å².